The molecule has 130 valence electrons. The highest BCUT2D eigenvalue weighted by molar-refractivity contribution is 5.99. The topological polar surface area (TPSA) is 40.5 Å². The first-order chi connectivity index (χ1) is 12.6. The fraction of sp³-hybridized carbons (Fsp3) is 0.167. The Hall–Kier alpha value is -2.68. The minimum Gasteiger partial charge on any atom is -0.388 e. The summed E-state index contributed by atoms with van der Waals surface area (Å²) in [6.07, 6.45) is -0.752. The van der Waals surface area contributed by atoms with Gasteiger partial charge in [0.1, 0.15) is 5.60 Å². The van der Waals surface area contributed by atoms with Gasteiger partial charge in [-0.2, -0.15) is 0 Å². The Bertz CT molecular complexity index is 916. The van der Waals surface area contributed by atoms with E-state index in [1.807, 2.05) is 97.9 Å². The van der Waals surface area contributed by atoms with Crippen LogP contribution in [0.25, 0.3) is 11.1 Å². The van der Waals surface area contributed by atoms with Crippen molar-refractivity contribution in [1.29, 1.82) is 0 Å². The highest BCUT2D eigenvalue weighted by Crippen LogP contribution is 2.54. The van der Waals surface area contributed by atoms with E-state index < -0.39 is 11.7 Å². The lowest BCUT2D eigenvalue weighted by Gasteiger charge is -2.33. The average molecular weight is 342 g/mol. The molecule has 1 aliphatic rings. The third kappa shape index (κ3) is 2.50. The SMILES string of the molecule is C[C@@H]1[C@@H](O)C(c2ccccc2)=C(c2ccccc2)[C@@]1(O)c1ccccc1. The number of hydrogen-bond donors (Lipinski definition) is 2. The molecule has 26 heavy (non-hydrogen) atoms. The van der Waals surface area contributed by atoms with E-state index in [1.54, 1.807) is 0 Å². The summed E-state index contributed by atoms with van der Waals surface area (Å²) >= 11 is 0. The molecule has 2 nitrogen and oxygen atoms in total. The van der Waals surface area contributed by atoms with Crippen molar-refractivity contribution in [2.75, 3.05) is 0 Å². The Balaban J connectivity index is 2.04. The zero-order valence-corrected chi connectivity index (χ0v) is 14.7. The molecule has 0 aliphatic heterocycles. The predicted octanol–water partition coefficient (Wildman–Crippen LogP) is 4.50. The van der Waals surface area contributed by atoms with E-state index in [1.165, 1.54) is 0 Å². The molecular formula is C24H22O2. The van der Waals surface area contributed by atoms with Gasteiger partial charge in [0.25, 0.3) is 0 Å². The maximum atomic E-state index is 11.9. The van der Waals surface area contributed by atoms with E-state index in [9.17, 15) is 10.2 Å². The monoisotopic (exact) mass is 342 g/mol. The van der Waals surface area contributed by atoms with Crippen LogP contribution in [0.1, 0.15) is 23.6 Å². The van der Waals surface area contributed by atoms with Crippen LogP contribution in [0.15, 0.2) is 91.0 Å². The molecule has 0 radical (unpaired) electrons. The van der Waals surface area contributed by atoms with Gasteiger partial charge in [0.15, 0.2) is 0 Å². The molecule has 0 unspecified atom stereocenters. The summed E-state index contributed by atoms with van der Waals surface area (Å²) in [5, 5.41) is 23.1. The second kappa shape index (κ2) is 6.56. The Labute approximate surface area is 154 Å². The van der Waals surface area contributed by atoms with Gasteiger partial charge in [0, 0.05) is 11.5 Å². The number of rotatable bonds is 3. The number of aliphatic hydroxyl groups excluding tert-OH is 1. The van der Waals surface area contributed by atoms with Crippen molar-refractivity contribution in [2.24, 2.45) is 5.92 Å². The van der Waals surface area contributed by atoms with Crippen molar-refractivity contribution >= 4 is 11.1 Å². The molecule has 4 rings (SSSR count). The normalized spacial score (nSPS) is 25.5. The summed E-state index contributed by atoms with van der Waals surface area (Å²) in [5.74, 6) is -0.365. The highest BCUT2D eigenvalue weighted by atomic mass is 16.3. The van der Waals surface area contributed by atoms with E-state index in [4.69, 9.17) is 0 Å². The van der Waals surface area contributed by atoms with Crippen LogP contribution in [0.4, 0.5) is 0 Å². The van der Waals surface area contributed by atoms with Crippen molar-refractivity contribution in [1.82, 2.24) is 0 Å². The van der Waals surface area contributed by atoms with Crippen LogP contribution in [0.2, 0.25) is 0 Å². The number of aliphatic hydroxyl groups is 2. The summed E-state index contributed by atoms with van der Waals surface area (Å²) in [5.41, 5.74) is 3.01. The van der Waals surface area contributed by atoms with Crippen molar-refractivity contribution < 1.29 is 10.2 Å². The van der Waals surface area contributed by atoms with E-state index in [0.717, 1.165) is 27.8 Å². The van der Waals surface area contributed by atoms with E-state index in [-0.39, 0.29) is 5.92 Å². The minimum absolute atomic E-state index is 0.365. The van der Waals surface area contributed by atoms with Crippen LogP contribution in [0.5, 0.6) is 0 Å². The van der Waals surface area contributed by atoms with E-state index in [2.05, 4.69) is 0 Å². The average Bonchev–Trinajstić information content (AvgIpc) is 2.92. The summed E-state index contributed by atoms with van der Waals surface area (Å²) in [4.78, 5) is 0. The molecular weight excluding hydrogens is 320 g/mol. The molecule has 0 saturated heterocycles. The number of hydrogen-bond acceptors (Lipinski definition) is 2. The molecule has 0 spiro atoms. The van der Waals surface area contributed by atoms with Gasteiger partial charge in [-0.15, -0.1) is 0 Å². The van der Waals surface area contributed by atoms with Gasteiger partial charge in [-0.05, 0) is 22.3 Å². The van der Waals surface area contributed by atoms with Crippen molar-refractivity contribution in [3.8, 4) is 0 Å². The molecule has 0 aromatic heterocycles. The quantitative estimate of drug-likeness (QED) is 0.736. The summed E-state index contributed by atoms with van der Waals surface area (Å²) in [6, 6.07) is 29.4. The van der Waals surface area contributed by atoms with E-state index in [0.29, 0.717) is 0 Å². The van der Waals surface area contributed by atoms with Gasteiger partial charge in [0.05, 0.1) is 6.10 Å². The Morgan fingerprint density at radius 3 is 1.69 bits per heavy atom. The molecule has 0 bridgehead atoms. The second-order valence-electron chi connectivity index (χ2n) is 6.89. The van der Waals surface area contributed by atoms with Gasteiger partial charge < -0.3 is 10.2 Å². The molecule has 2 heteroatoms. The molecule has 1 aliphatic carbocycles. The molecule has 3 aromatic rings. The summed E-state index contributed by atoms with van der Waals surface area (Å²) < 4.78 is 0. The van der Waals surface area contributed by atoms with Crippen molar-refractivity contribution in [3.63, 3.8) is 0 Å². The van der Waals surface area contributed by atoms with Crippen molar-refractivity contribution in [3.05, 3.63) is 108 Å². The molecule has 2 N–H and O–H groups in total. The third-order valence-electron chi connectivity index (χ3n) is 5.44. The van der Waals surface area contributed by atoms with Gasteiger partial charge in [0.2, 0.25) is 0 Å². The lowest BCUT2D eigenvalue weighted by molar-refractivity contribution is 0.00756. The standard InChI is InChI=1S/C24H22O2/c1-17-23(25)21(18-11-5-2-6-12-18)22(19-13-7-3-8-14-19)24(17,26)20-15-9-4-10-16-20/h2-17,23,25-26H,1H3/t17-,23-,24+/m1/s1. The molecule has 0 amide bonds. The van der Waals surface area contributed by atoms with Gasteiger partial charge in [-0.3, -0.25) is 0 Å². The van der Waals surface area contributed by atoms with Crippen LogP contribution < -0.4 is 0 Å². The number of benzene rings is 3. The maximum Gasteiger partial charge on any atom is 0.121 e. The molecule has 0 fully saturated rings. The smallest absolute Gasteiger partial charge is 0.121 e. The van der Waals surface area contributed by atoms with Gasteiger partial charge >= 0.3 is 0 Å². The Kier molecular flexibility index (Phi) is 4.23. The fourth-order valence-corrected chi connectivity index (χ4v) is 4.07. The highest BCUT2D eigenvalue weighted by Gasteiger charge is 2.51. The van der Waals surface area contributed by atoms with Crippen LogP contribution >= 0.6 is 0 Å². The first-order valence-corrected chi connectivity index (χ1v) is 8.95. The minimum atomic E-state index is -1.26. The Morgan fingerprint density at radius 2 is 1.15 bits per heavy atom. The van der Waals surface area contributed by atoms with E-state index >= 15 is 0 Å². The van der Waals surface area contributed by atoms with Gasteiger partial charge in [-0.25, -0.2) is 0 Å². The molecule has 0 saturated carbocycles. The lowest BCUT2D eigenvalue weighted by atomic mass is 9.78. The van der Waals surface area contributed by atoms with Crippen LogP contribution in [0.3, 0.4) is 0 Å². The lowest BCUT2D eigenvalue weighted by Crippen LogP contribution is -2.35. The molecule has 0 heterocycles. The largest absolute Gasteiger partial charge is 0.388 e. The predicted molar refractivity (Wildman–Crippen MR) is 105 cm³/mol. The fourth-order valence-electron chi connectivity index (χ4n) is 4.07. The molecule has 3 aromatic carbocycles. The third-order valence-corrected chi connectivity index (χ3v) is 5.44. The summed E-state index contributed by atoms with van der Waals surface area (Å²) in [7, 11) is 0. The maximum absolute atomic E-state index is 11.9. The van der Waals surface area contributed by atoms with Crippen LogP contribution in [-0.2, 0) is 5.60 Å². The Morgan fingerprint density at radius 1 is 0.692 bits per heavy atom. The van der Waals surface area contributed by atoms with Crippen molar-refractivity contribution in [2.45, 2.75) is 18.6 Å². The molecule has 3 atom stereocenters. The first kappa shape index (κ1) is 16.8. The zero-order valence-electron chi connectivity index (χ0n) is 14.7. The van der Waals surface area contributed by atoms with Crippen LogP contribution in [-0.4, -0.2) is 16.3 Å². The zero-order chi connectivity index (χ0) is 18.1. The van der Waals surface area contributed by atoms with Crippen LogP contribution in [0, 0.1) is 5.92 Å². The summed E-state index contributed by atoms with van der Waals surface area (Å²) in [6.45, 7) is 1.91. The second-order valence-corrected chi connectivity index (χ2v) is 6.89. The first-order valence-electron chi connectivity index (χ1n) is 8.95. The van der Waals surface area contributed by atoms with Gasteiger partial charge in [-0.1, -0.05) is 97.9 Å².